The van der Waals surface area contributed by atoms with Gasteiger partial charge in [-0.2, -0.15) is 0 Å². The van der Waals surface area contributed by atoms with Gasteiger partial charge in [0.05, 0.1) is 17.2 Å². The minimum atomic E-state index is -0.540. The van der Waals surface area contributed by atoms with E-state index in [0.29, 0.717) is 5.02 Å². The molecule has 2 aromatic carbocycles. The van der Waals surface area contributed by atoms with Crippen LogP contribution in [-0.4, -0.2) is 12.9 Å². The number of hydrogen-bond donors (Lipinski definition) is 0. The predicted molar refractivity (Wildman–Crippen MR) is 77.4 cm³/mol. The smallest absolute Gasteiger partial charge is 0.168 e. The molecule has 0 bridgehead atoms. The lowest BCUT2D eigenvalue weighted by Gasteiger charge is -2.08. The van der Waals surface area contributed by atoms with E-state index in [-0.39, 0.29) is 34.1 Å². The minimum absolute atomic E-state index is 0.104. The maximum Gasteiger partial charge on any atom is 0.168 e. The van der Waals surface area contributed by atoms with Crippen LogP contribution in [0.4, 0.5) is 4.39 Å². The Morgan fingerprint density at radius 1 is 1.20 bits per heavy atom. The van der Waals surface area contributed by atoms with E-state index in [4.69, 9.17) is 27.9 Å². The summed E-state index contributed by atoms with van der Waals surface area (Å²) >= 11 is 11.8. The van der Waals surface area contributed by atoms with E-state index in [1.807, 2.05) is 0 Å². The molecule has 0 radical (unpaired) electrons. The highest BCUT2D eigenvalue weighted by molar-refractivity contribution is 6.43. The minimum Gasteiger partial charge on any atom is -0.494 e. The molecular formula is C15H11Cl2FO2. The number of ketones is 1. The molecule has 0 N–H and O–H groups in total. The van der Waals surface area contributed by atoms with Crippen LogP contribution in [0.2, 0.25) is 10.0 Å². The summed E-state index contributed by atoms with van der Waals surface area (Å²) in [7, 11) is 1.37. The van der Waals surface area contributed by atoms with Gasteiger partial charge in [0.1, 0.15) is 0 Å². The van der Waals surface area contributed by atoms with Crippen molar-refractivity contribution in [3.8, 4) is 5.75 Å². The first-order valence-electron chi connectivity index (χ1n) is 5.83. The summed E-state index contributed by atoms with van der Waals surface area (Å²) in [5.41, 5.74) is 0.534. The molecule has 0 atom stereocenters. The van der Waals surface area contributed by atoms with E-state index >= 15 is 0 Å². The Morgan fingerprint density at radius 2 is 1.90 bits per heavy atom. The van der Waals surface area contributed by atoms with Crippen molar-refractivity contribution in [3.05, 3.63) is 63.4 Å². The molecule has 5 heteroatoms. The fourth-order valence-corrected chi connectivity index (χ4v) is 2.24. The standard InChI is InChI=1S/C15H11Cl2FO2/c1-20-13-7-2-4-9(15(13)18)8-12(19)10-5-3-6-11(16)14(10)17/h2-7H,8H2,1H3. The molecule has 2 nitrogen and oxygen atoms in total. The van der Waals surface area contributed by atoms with Crippen LogP contribution in [0, 0.1) is 5.82 Å². The fraction of sp³-hybridized carbons (Fsp3) is 0.133. The highest BCUT2D eigenvalue weighted by Gasteiger charge is 2.16. The van der Waals surface area contributed by atoms with Gasteiger partial charge in [-0.1, -0.05) is 41.4 Å². The summed E-state index contributed by atoms with van der Waals surface area (Å²) in [5, 5.41) is 0.478. The largest absolute Gasteiger partial charge is 0.494 e. The second-order valence-corrected chi connectivity index (χ2v) is 4.92. The van der Waals surface area contributed by atoms with Crippen molar-refractivity contribution in [2.24, 2.45) is 0 Å². The number of hydrogen-bond acceptors (Lipinski definition) is 2. The molecule has 0 aromatic heterocycles. The molecule has 0 saturated carbocycles. The van der Waals surface area contributed by atoms with Crippen molar-refractivity contribution >= 4 is 29.0 Å². The van der Waals surface area contributed by atoms with Crippen LogP contribution in [0.1, 0.15) is 15.9 Å². The molecule has 0 aliphatic heterocycles. The molecule has 0 fully saturated rings. The number of carbonyl (C=O) groups excluding carboxylic acids is 1. The molecular weight excluding hydrogens is 302 g/mol. The van der Waals surface area contributed by atoms with Crippen LogP contribution in [0.15, 0.2) is 36.4 Å². The Kier molecular flexibility index (Phi) is 4.63. The number of methoxy groups -OCH3 is 1. The first kappa shape index (κ1) is 14.8. The van der Waals surface area contributed by atoms with Crippen molar-refractivity contribution in [1.29, 1.82) is 0 Å². The number of Topliss-reactive ketones (excluding diaryl/α,β-unsaturated/α-hetero) is 1. The average molecular weight is 313 g/mol. The van der Waals surface area contributed by atoms with Crippen molar-refractivity contribution in [2.45, 2.75) is 6.42 Å². The van der Waals surface area contributed by atoms with Crippen molar-refractivity contribution < 1.29 is 13.9 Å². The number of rotatable bonds is 4. The first-order chi connectivity index (χ1) is 9.54. The monoisotopic (exact) mass is 312 g/mol. The number of ether oxygens (including phenoxy) is 1. The Labute approximate surface area is 126 Å². The van der Waals surface area contributed by atoms with Gasteiger partial charge in [-0.05, 0) is 23.8 Å². The van der Waals surface area contributed by atoms with Gasteiger partial charge in [0.25, 0.3) is 0 Å². The molecule has 104 valence electrons. The highest BCUT2D eigenvalue weighted by atomic mass is 35.5. The van der Waals surface area contributed by atoms with Crippen LogP contribution >= 0.6 is 23.2 Å². The van der Waals surface area contributed by atoms with Gasteiger partial charge in [-0.3, -0.25) is 4.79 Å². The number of benzene rings is 2. The predicted octanol–water partition coefficient (Wildman–Crippen LogP) is 4.57. The summed E-state index contributed by atoms with van der Waals surface area (Å²) in [4.78, 5) is 12.2. The van der Waals surface area contributed by atoms with Crippen molar-refractivity contribution in [3.63, 3.8) is 0 Å². The second-order valence-electron chi connectivity index (χ2n) is 4.13. The lowest BCUT2D eigenvalue weighted by Crippen LogP contribution is -2.06. The zero-order valence-corrected chi connectivity index (χ0v) is 12.1. The van der Waals surface area contributed by atoms with E-state index < -0.39 is 5.82 Å². The Morgan fingerprint density at radius 3 is 2.60 bits per heavy atom. The van der Waals surface area contributed by atoms with Gasteiger partial charge in [-0.25, -0.2) is 4.39 Å². The molecule has 2 aromatic rings. The van der Waals surface area contributed by atoms with E-state index in [1.54, 1.807) is 24.3 Å². The summed E-state index contributed by atoms with van der Waals surface area (Å²) in [6, 6.07) is 9.44. The van der Waals surface area contributed by atoms with E-state index in [2.05, 4.69) is 0 Å². The molecule has 0 unspecified atom stereocenters. The van der Waals surface area contributed by atoms with Crippen LogP contribution in [0.25, 0.3) is 0 Å². The Bertz CT molecular complexity index is 656. The second kappa shape index (κ2) is 6.25. The van der Waals surface area contributed by atoms with E-state index in [9.17, 15) is 9.18 Å². The number of halogens is 3. The Balaban J connectivity index is 2.31. The van der Waals surface area contributed by atoms with Crippen molar-refractivity contribution in [1.82, 2.24) is 0 Å². The average Bonchev–Trinajstić information content (AvgIpc) is 2.44. The summed E-state index contributed by atoms with van der Waals surface area (Å²) in [6.07, 6.45) is -0.108. The molecule has 0 saturated heterocycles. The molecule has 20 heavy (non-hydrogen) atoms. The zero-order valence-electron chi connectivity index (χ0n) is 10.6. The van der Waals surface area contributed by atoms with Crippen LogP contribution in [0.3, 0.4) is 0 Å². The van der Waals surface area contributed by atoms with Gasteiger partial charge in [-0.15, -0.1) is 0 Å². The highest BCUT2D eigenvalue weighted by Crippen LogP contribution is 2.27. The lowest BCUT2D eigenvalue weighted by molar-refractivity contribution is 0.0992. The van der Waals surface area contributed by atoms with Gasteiger partial charge >= 0.3 is 0 Å². The molecule has 0 amide bonds. The third kappa shape index (κ3) is 2.94. The maximum atomic E-state index is 14.0. The van der Waals surface area contributed by atoms with Gasteiger partial charge < -0.3 is 4.74 Å². The first-order valence-corrected chi connectivity index (χ1v) is 6.58. The lowest BCUT2D eigenvalue weighted by atomic mass is 10.0. The van der Waals surface area contributed by atoms with E-state index in [1.165, 1.54) is 19.2 Å². The van der Waals surface area contributed by atoms with Gasteiger partial charge in [0, 0.05) is 12.0 Å². The third-order valence-electron chi connectivity index (χ3n) is 2.87. The zero-order chi connectivity index (χ0) is 14.7. The summed E-state index contributed by atoms with van der Waals surface area (Å²) in [6.45, 7) is 0. The van der Waals surface area contributed by atoms with Gasteiger partial charge in [0.2, 0.25) is 0 Å². The molecule has 0 aliphatic rings. The molecule has 0 spiro atoms. The third-order valence-corrected chi connectivity index (χ3v) is 3.69. The summed E-state index contributed by atoms with van der Waals surface area (Å²) < 4.78 is 18.9. The van der Waals surface area contributed by atoms with E-state index in [0.717, 1.165) is 0 Å². The van der Waals surface area contributed by atoms with Crippen molar-refractivity contribution in [2.75, 3.05) is 7.11 Å². The number of carbonyl (C=O) groups is 1. The SMILES string of the molecule is COc1cccc(CC(=O)c2cccc(Cl)c2Cl)c1F. The van der Waals surface area contributed by atoms with Gasteiger partial charge in [0.15, 0.2) is 17.3 Å². The fourth-order valence-electron chi connectivity index (χ4n) is 1.84. The molecule has 0 aliphatic carbocycles. The Hall–Kier alpha value is -1.58. The van der Waals surface area contributed by atoms with Crippen LogP contribution < -0.4 is 4.74 Å². The molecule has 2 rings (SSSR count). The maximum absolute atomic E-state index is 14.0. The van der Waals surface area contributed by atoms with Crippen LogP contribution in [-0.2, 0) is 6.42 Å². The normalized spacial score (nSPS) is 10.4. The van der Waals surface area contributed by atoms with Crippen LogP contribution in [0.5, 0.6) is 5.75 Å². The summed E-state index contributed by atoms with van der Waals surface area (Å²) in [5.74, 6) is -0.737. The quantitative estimate of drug-likeness (QED) is 0.773. The topological polar surface area (TPSA) is 26.3 Å². The molecule has 0 heterocycles.